The molecule has 2 heterocycles. The molecular weight excluding hydrogens is 306 g/mol. The van der Waals surface area contributed by atoms with Crippen LogP contribution < -0.4 is 11.1 Å². The van der Waals surface area contributed by atoms with Crippen LogP contribution in [-0.2, 0) is 4.79 Å². The Balaban J connectivity index is 1.87. The van der Waals surface area contributed by atoms with Crippen LogP contribution >= 0.6 is 11.8 Å². The molecule has 9 nitrogen and oxygen atoms in total. The first-order valence-corrected chi connectivity index (χ1v) is 7.29. The lowest BCUT2D eigenvalue weighted by Gasteiger charge is -2.34. The molecule has 1 saturated heterocycles. The van der Waals surface area contributed by atoms with Crippen molar-refractivity contribution in [1.29, 1.82) is 0 Å². The van der Waals surface area contributed by atoms with Crippen LogP contribution in [0, 0.1) is 0 Å². The summed E-state index contributed by atoms with van der Waals surface area (Å²) in [4.78, 5) is 24.8. The Labute approximate surface area is 129 Å². The third-order valence-corrected chi connectivity index (χ3v) is 4.45. The highest BCUT2D eigenvalue weighted by atomic mass is 32.2. The van der Waals surface area contributed by atoms with Gasteiger partial charge in [0.2, 0.25) is 11.1 Å². The van der Waals surface area contributed by atoms with E-state index in [-0.39, 0.29) is 0 Å². The van der Waals surface area contributed by atoms with Gasteiger partial charge in [-0.2, -0.15) is 4.68 Å². The van der Waals surface area contributed by atoms with Gasteiger partial charge in [0.25, 0.3) is 0 Å². The van der Waals surface area contributed by atoms with Crippen molar-refractivity contribution in [1.82, 2.24) is 30.4 Å². The second-order valence-electron chi connectivity index (χ2n) is 4.64. The van der Waals surface area contributed by atoms with Crippen molar-refractivity contribution in [3.63, 3.8) is 0 Å². The average molecular weight is 319 g/mol. The number of urea groups is 1. The molecule has 2 unspecified atom stereocenters. The molecule has 1 aliphatic heterocycles. The highest BCUT2D eigenvalue weighted by Crippen LogP contribution is 2.27. The van der Waals surface area contributed by atoms with Crippen LogP contribution in [0.15, 0.2) is 35.5 Å². The molecule has 22 heavy (non-hydrogen) atoms. The summed E-state index contributed by atoms with van der Waals surface area (Å²) >= 11 is 1.11. The first-order valence-electron chi connectivity index (χ1n) is 6.41. The summed E-state index contributed by atoms with van der Waals surface area (Å²) in [6.07, 6.45) is -0.757. The van der Waals surface area contributed by atoms with E-state index in [1.54, 1.807) is 0 Å². The van der Waals surface area contributed by atoms with Gasteiger partial charge in [0, 0.05) is 7.05 Å². The van der Waals surface area contributed by atoms with E-state index < -0.39 is 23.4 Å². The van der Waals surface area contributed by atoms with Crippen LogP contribution in [0.5, 0.6) is 0 Å². The third-order valence-electron chi connectivity index (χ3n) is 3.24. The molecule has 0 radical (unpaired) electrons. The molecule has 114 valence electrons. The summed E-state index contributed by atoms with van der Waals surface area (Å²) < 4.78 is 1.51. The summed E-state index contributed by atoms with van der Waals surface area (Å²) in [5.41, 5.74) is 6.72. The highest BCUT2D eigenvalue weighted by Gasteiger charge is 2.39. The molecule has 10 heteroatoms. The van der Waals surface area contributed by atoms with Gasteiger partial charge in [0.1, 0.15) is 11.4 Å². The average Bonchev–Trinajstić information content (AvgIpc) is 2.98. The van der Waals surface area contributed by atoms with Gasteiger partial charge in [-0.15, -0.1) is 5.10 Å². The predicted octanol–water partition coefficient (Wildman–Crippen LogP) is -0.411. The zero-order valence-electron chi connectivity index (χ0n) is 11.6. The van der Waals surface area contributed by atoms with Crippen LogP contribution in [0.1, 0.15) is 0 Å². The summed E-state index contributed by atoms with van der Waals surface area (Å²) in [7, 11) is 1.53. The van der Waals surface area contributed by atoms with E-state index in [0.717, 1.165) is 17.4 Å². The van der Waals surface area contributed by atoms with Crippen molar-refractivity contribution in [3.8, 4) is 5.69 Å². The van der Waals surface area contributed by atoms with Gasteiger partial charge in [-0.3, -0.25) is 10.1 Å². The quantitative estimate of drug-likeness (QED) is 0.789. The van der Waals surface area contributed by atoms with Gasteiger partial charge in [-0.1, -0.05) is 30.0 Å². The number of rotatable bonds is 3. The minimum atomic E-state index is -0.757. The minimum Gasteiger partial charge on any atom is -0.311 e. The van der Waals surface area contributed by atoms with E-state index in [1.165, 1.54) is 16.6 Å². The Morgan fingerprint density at radius 1 is 1.27 bits per heavy atom. The number of aromatic nitrogens is 4. The predicted molar refractivity (Wildman–Crippen MR) is 78.1 cm³/mol. The molecule has 0 saturated carbocycles. The Hall–Kier alpha value is -2.46. The van der Waals surface area contributed by atoms with Gasteiger partial charge in [0.15, 0.2) is 0 Å². The smallest absolute Gasteiger partial charge is 0.311 e. The number of hydrogen-bond acceptors (Lipinski definition) is 7. The molecule has 0 aliphatic carbocycles. The van der Waals surface area contributed by atoms with Crippen LogP contribution in [-0.4, -0.2) is 55.5 Å². The molecule has 3 rings (SSSR count). The topological polar surface area (TPSA) is 119 Å². The fraction of sp³-hybridized carbons (Fsp3) is 0.250. The highest BCUT2D eigenvalue weighted by molar-refractivity contribution is 8.00. The van der Waals surface area contributed by atoms with Gasteiger partial charge < -0.3 is 10.6 Å². The molecule has 2 atom stereocenters. The zero-order valence-corrected chi connectivity index (χ0v) is 12.4. The fourth-order valence-corrected chi connectivity index (χ4v) is 3.02. The number of nitrogens with two attached hydrogens (primary N) is 1. The number of carbonyl (C=O) groups is 2. The number of amides is 3. The lowest BCUT2D eigenvalue weighted by Crippen LogP contribution is -2.63. The number of para-hydroxylation sites is 1. The van der Waals surface area contributed by atoms with Crippen molar-refractivity contribution in [2.45, 2.75) is 16.6 Å². The fourth-order valence-electron chi connectivity index (χ4n) is 1.98. The lowest BCUT2D eigenvalue weighted by atomic mass is 10.2. The molecule has 1 aromatic heterocycles. The Morgan fingerprint density at radius 3 is 2.73 bits per heavy atom. The maximum atomic E-state index is 12.0. The summed E-state index contributed by atoms with van der Waals surface area (Å²) in [6, 6.07) is 8.77. The second-order valence-corrected chi connectivity index (χ2v) is 5.75. The van der Waals surface area contributed by atoms with Crippen LogP contribution in [0.3, 0.4) is 0 Å². The van der Waals surface area contributed by atoms with Gasteiger partial charge in [-0.25, -0.2) is 4.79 Å². The Bertz CT molecular complexity index is 705. The van der Waals surface area contributed by atoms with Gasteiger partial charge in [-0.05, 0) is 22.6 Å². The molecule has 3 amide bonds. The van der Waals surface area contributed by atoms with Crippen molar-refractivity contribution >= 4 is 23.7 Å². The number of nitrogens with zero attached hydrogens (tertiary/aromatic N) is 5. The second kappa shape index (κ2) is 5.73. The van der Waals surface area contributed by atoms with Crippen molar-refractivity contribution in [2.24, 2.45) is 5.73 Å². The van der Waals surface area contributed by atoms with Crippen LogP contribution in [0.4, 0.5) is 4.79 Å². The molecule has 0 bridgehead atoms. The molecule has 1 fully saturated rings. The number of benzene rings is 1. The Kier molecular flexibility index (Phi) is 3.77. The number of thioether (sulfide) groups is 1. The molecule has 2 aromatic rings. The van der Waals surface area contributed by atoms with E-state index in [9.17, 15) is 9.59 Å². The molecule has 3 N–H and O–H groups in total. The molecular formula is C12H13N7O2S. The SMILES string of the molecule is CN1C(=O)NC(=O)C(Sc2nnnn2-c2ccccc2)C1N. The van der Waals surface area contributed by atoms with Crippen molar-refractivity contribution in [3.05, 3.63) is 30.3 Å². The zero-order chi connectivity index (χ0) is 15.7. The molecule has 1 aromatic carbocycles. The monoisotopic (exact) mass is 319 g/mol. The summed E-state index contributed by atoms with van der Waals surface area (Å²) in [5.74, 6) is -0.455. The van der Waals surface area contributed by atoms with E-state index in [1.807, 2.05) is 30.3 Å². The lowest BCUT2D eigenvalue weighted by molar-refractivity contribution is -0.121. The summed E-state index contributed by atoms with van der Waals surface area (Å²) in [6.45, 7) is 0. The van der Waals surface area contributed by atoms with E-state index in [2.05, 4.69) is 20.8 Å². The van der Waals surface area contributed by atoms with Crippen molar-refractivity contribution in [2.75, 3.05) is 7.05 Å². The minimum absolute atomic E-state index is 0.421. The molecule has 0 spiro atoms. The van der Waals surface area contributed by atoms with Crippen molar-refractivity contribution < 1.29 is 9.59 Å². The van der Waals surface area contributed by atoms with Crippen LogP contribution in [0.2, 0.25) is 0 Å². The van der Waals surface area contributed by atoms with Gasteiger partial charge >= 0.3 is 6.03 Å². The van der Waals surface area contributed by atoms with Crippen LogP contribution in [0.25, 0.3) is 5.69 Å². The summed E-state index contributed by atoms with van der Waals surface area (Å²) in [5, 5.41) is 13.5. The largest absolute Gasteiger partial charge is 0.325 e. The first-order chi connectivity index (χ1) is 10.6. The maximum absolute atomic E-state index is 12.0. The number of carbonyl (C=O) groups excluding carboxylic acids is 2. The number of nitrogens with one attached hydrogen (secondary N) is 1. The normalized spacial score (nSPS) is 21.8. The number of hydrogen-bond donors (Lipinski definition) is 2. The van der Waals surface area contributed by atoms with Gasteiger partial charge in [0.05, 0.1) is 5.69 Å². The van der Waals surface area contributed by atoms with E-state index >= 15 is 0 Å². The Morgan fingerprint density at radius 2 is 2.00 bits per heavy atom. The standard InChI is InChI=1S/C12H13N7O2S/c1-18-9(13)8(10(20)14-11(18)21)22-12-15-16-17-19(12)7-5-3-2-4-6-7/h2-6,8-9H,13H2,1H3,(H,14,20,21). The van der Waals surface area contributed by atoms with E-state index in [0.29, 0.717) is 5.16 Å². The number of tetrazole rings is 1. The van der Waals surface area contributed by atoms with E-state index in [4.69, 9.17) is 5.73 Å². The first kappa shape index (κ1) is 14.5. The maximum Gasteiger partial charge on any atom is 0.325 e. The third kappa shape index (κ3) is 2.53. The molecule has 1 aliphatic rings. The number of imide groups is 1.